The topological polar surface area (TPSA) is 321 Å². The van der Waals surface area contributed by atoms with E-state index in [9.17, 15) is 43.5 Å². The number of imidazole rings is 1. The molecule has 3 aliphatic rings. The highest BCUT2D eigenvalue weighted by molar-refractivity contribution is 7.47. The van der Waals surface area contributed by atoms with Crippen molar-refractivity contribution in [2.24, 2.45) is 0 Å². The molecule has 0 aliphatic carbocycles. The maximum Gasteiger partial charge on any atom is 0.472 e. The predicted octanol–water partition coefficient (Wildman–Crippen LogP) is -0.517. The zero-order chi connectivity index (χ0) is 42.2. The first-order valence-electron chi connectivity index (χ1n) is 18.4. The number of aromatic amines is 2. The molecule has 8 N–H and O–H groups in total. The number of anilines is 1. The smallest absolute Gasteiger partial charge is 0.387 e. The summed E-state index contributed by atoms with van der Waals surface area (Å²) in [5, 5.41) is 21.8. The Morgan fingerprint density at radius 2 is 1.25 bits per heavy atom. The Morgan fingerprint density at radius 1 is 0.789 bits per heavy atom. The lowest BCUT2D eigenvalue weighted by Crippen LogP contribution is -2.39. The molecule has 2 unspecified atom stereocenters. The van der Waals surface area contributed by atoms with Gasteiger partial charge in [0, 0.05) is 12.3 Å². The minimum absolute atomic E-state index is 0.159. The molecule has 6 rings (SSSR count). The van der Waals surface area contributed by atoms with Crippen LogP contribution in [-0.4, -0.2) is 148 Å². The molecule has 26 heteroatoms. The number of nitrogen functional groups attached to an aromatic ring is 1. The first-order chi connectivity index (χ1) is 26.9. The summed E-state index contributed by atoms with van der Waals surface area (Å²) in [7, 11) is -10.3. The summed E-state index contributed by atoms with van der Waals surface area (Å²) in [6, 6.07) is 0.931. The van der Waals surface area contributed by atoms with Crippen molar-refractivity contribution in [2.45, 2.75) is 90.6 Å². The third-order valence-electron chi connectivity index (χ3n) is 9.47. The highest BCUT2D eigenvalue weighted by Gasteiger charge is 2.53. The van der Waals surface area contributed by atoms with Crippen LogP contribution in [0.15, 0.2) is 33.0 Å². The van der Waals surface area contributed by atoms with Gasteiger partial charge in [-0.05, 0) is 39.3 Å². The number of aromatic nitrogens is 6. The van der Waals surface area contributed by atoms with Gasteiger partial charge in [-0.3, -0.25) is 46.8 Å². The van der Waals surface area contributed by atoms with Crippen LogP contribution in [0.5, 0.6) is 0 Å². The van der Waals surface area contributed by atoms with Gasteiger partial charge < -0.3 is 45.0 Å². The maximum atomic E-state index is 13.0. The Balaban J connectivity index is 0.000000440. The van der Waals surface area contributed by atoms with Gasteiger partial charge in [-0.15, -0.1) is 0 Å². The van der Waals surface area contributed by atoms with E-state index in [0.717, 1.165) is 27.7 Å². The monoisotopic (exact) mass is 853 g/mol. The quantitative estimate of drug-likeness (QED) is 0.140. The van der Waals surface area contributed by atoms with Crippen LogP contribution in [0.25, 0.3) is 11.2 Å². The van der Waals surface area contributed by atoms with E-state index in [-0.39, 0.29) is 17.1 Å². The second-order valence-corrected chi connectivity index (χ2v) is 15.6. The Morgan fingerprint density at radius 3 is 1.67 bits per heavy atom. The lowest BCUT2D eigenvalue weighted by molar-refractivity contribution is -0.0695. The van der Waals surface area contributed by atoms with Crippen LogP contribution in [0.4, 0.5) is 5.95 Å². The molecular formula is C31H53N9O15P2. The van der Waals surface area contributed by atoms with Crippen molar-refractivity contribution in [3.05, 3.63) is 49.8 Å². The van der Waals surface area contributed by atoms with E-state index in [0.29, 0.717) is 0 Å². The Bertz CT molecular complexity index is 2010. The Labute approximate surface area is 326 Å². The number of nitrogens with one attached hydrogen (secondary N) is 2. The Hall–Kier alpha value is -3.19. The predicted molar refractivity (Wildman–Crippen MR) is 202 cm³/mol. The molecule has 0 saturated carbocycles. The molecule has 3 saturated heterocycles. The lowest BCUT2D eigenvalue weighted by atomic mass is 10.1. The molecule has 0 amide bonds. The van der Waals surface area contributed by atoms with Crippen LogP contribution in [0.1, 0.15) is 54.0 Å². The Kier molecular flexibility index (Phi) is 16.5. The van der Waals surface area contributed by atoms with Gasteiger partial charge in [0.1, 0.15) is 36.6 Å². The molecule has 6 heterocycles. The largest absolute Gasteiger partial charge is 0.472 e. The van der Waals surface area contributed by atoms with E-state index < -0.39 is 94.7 Å². The molecule has 3 fully saturated rings. The fourth-order valence-electron chi connectivity index (χ4n) is 6.19. The van der Waals surface area contributed by atoms with E-state index in [1.54, 1.807) is 0 Å². The van der Waals surface area contributed by atoms with Gasteiger partial charge >= 0.3 is 21.3 Å². The molecule has 0 spiro atoms. The van der Waals surface area contributed by atoms with Crippen molar-refractivity contribution in [1.82, 2.24) is 38.9 Å². The summed E-state index contributed by atoms with van der Waals surface area (Å²) in [5.41, 5.74) is 2.74. The third-order valence-corrected chi connectivity index (χ3v) is 11.4. The number of hydrogen-bond acceptors (Lipinski definition) is 18. The second-order valence-electron chi connectivity index (χ2n) is 12.8. The maximum absolute atomic E-state index is 13.0. The minimum atomic E-state index is -5.14. The molecule has 3 aromatic rings. The zero-order valence-corrected chi connectivity index (χ0v) is 34.2. The summed E-state index contributed by atoms with van der Waals surface area (Å²) in [6.45, 7) is 18.5. The van der Waals surface area contributed by atoms with Crippen molar-refractivity contribution in [3.63, 3.8) is 0 Å². The van der Waals surface area contributed by atoms with Crippen molar-refractivity contribution in [3.8, 4) is 0 Å². The van der Waals surface area contributed by atoms with Gasteiger partial charge in [-0.25, -0.2) is 18.9 Å². The second kappa shape index (κ2) is 20.2. The fraction of sp³-hybridized carbons (Fsp3) is 0.710. The molecular weight excluding hydrogens is 800 g/mol. The number of hydrogen-bond donors (Lipinski definition) is 7. The molecule has 0 aromatic carbocycles. The van der Waals surface area contributed by atoms with Crippen LogP contribution in [-0.2, 0) is 36.7 Å². The van der Waals surface area contributed by atoms with Gasteiger partial charge in [0.15, 0.2) is 23.6 Å². The normalized spacial score (nSPS) is 31.7. The molecule has 3 aromatic heterocycles. The van der Waals surface area contributed by atoms with Crippen LogP contribution < -0.4 is 22.5 Å². The van der Waals surface area contributed by atoms with Gasteiger partial charge in [0.25, 0.3) is 11.1 Å². The molecule has 57 heavy (non-hydrogen) atoms. The first kappa shape index (κ1) is 46.5. The van der Waals surface area contributed by atoms with Gasteiger partial charge in [0.2, 0.25) is 5.95 Å². The SMILES string of the molecule is CCN(CC)CC.CCN(CC)CC.Nc1nc2c(ncn2[C@@H]2O[C@@H]3COP(=O)(O)O[C@@H]4[C@H](O)[C@@H](COP(=O)(O)O[C@@H]2[C@@H]3O)O[C@H]4n2ccc(=O)[nH]c2=O)c(=O)[nH]1. The molecule has 10 atom stereocenters. The molecule has 4 bridgehead atoms. The van der Waals surface area contributed by atoms with Crippen LogP contribution in [0.3, 0.4) is 0 Å². The lowest BCUT2D eigenvalue weighted by Gasteiger charge is -2.26. The number of aliphatic hydroxyl groups is 2. The summed E-state index contributed by atoms with van der Waals surface area (Å²) in [4.78, 5) is 74.0. The summed E-state index contributed by atoms with van der Waals surface area (Å²) < 4.78 is 59.5. The highest BCUT2D eigenvalue weighted by Crippen LogP contribution is 2.53. The zero-order valence-electron chi connectivity index (χ0n) is 32.4. The van der Waals surface area contributed by atoms with Crippen molar-refractivity contribution < 1.29 is 56.7 Å². The van der Waals surface area contributed by atoms with Crippen molar-refractivity contribution in [2.75, 3.05) is 58.2 Å². The van der Waals surface area contributed by atoms with Gasteiger partial charge in [0.05, 0.1) is 19.5 Å². The van der Waals surface area contributed by atoms with Gasteiger partial charge in [-0.2, -0.15) is 4.98 Å². The fourth-order valence-corrected chi connectivity index (χ4v) is 8.05. The number of fused-ring (bicyclic) bond motifs is 5. The number of H-pyrrole nitrogens is 2. The van der Waals surface area contributed by atoms with E-state index >= 15 is 0 Å². The minimum Gasteiger partial charge on any atom is -0.387 e. The standard InChI is InChI=1S/C19H23N7O15P2.2C6H15N/c20-18-23-14-9(15(30)24-18)21-5-26(14)17-13-11(29)7(39-17)4-37-42(32,33)40-12-10(28)6(3-36-43(34,35)41-13)38-16(12)25-2-1-8(27)22-19(25)31;2*1-4-7(5-2)6-3/h1-2,5-7,10-13,16-17,28-29H,3-4H2,(H,32,33)(H,34,35)(H,22,27,31)(H3,20,23,24,30);2*4-6H2,1-3H3/t6-,7-,10-,11-,12-,13-,16-,17-;;/m1../s1. The van der Waals surface area contributed by atoms with Crippen LogP contribution in [0, 0.1) is 0 Å². The van der Waals surface area contributed by atoms with E-state index in [2.05, 4.69) is 66.3 Å². The number of nitrogens with two attached hydrogens (primary N) is 1. The average molecular weight is 854 g/mol. The number of aliphatic hydroxyl groups excluding tert-OH is 2. The van der Waals surface area contributed by atoms with Crippen LogP contribution >= 0.6 is 15.6 Å². The summed E-state index contributed by atoms with van der Waals surface area (Å²) >= 11 is 0. The first-order valence-corrected chi connectivity index (χ1v) is 21.4. The number of rotatable bonds is 8. The number of nitrogens with zero attached hydrogens (tertiary/aromatic N) is 6. The number of phosphoric acid groups is 2. The highest BCUT2D eigenvalue weighted by atomic mass is 31.2. The van der Waals surface area contributed by atoms with E-state index in [1.165, 1.54) is 39.3 Å². The van der Waals surface area contributed by atoms with Crippen LogP contribution in [0.2, 0.25) is 0 Å². The van der Waals surface area contributed by atoms with Crippen molar-refractivity contribution in [1.29, 1.82) is 0 Å². The molecule has 0 radical (unpaired) electrons. The van der Waals surface area contributed by atoms with E-state index in [1.807, 2.05) is 4.98 Å². The average Bonchev–Trinajstić information content (AvgIpc) is 3.81. The molecule has 24 nitrogen and oxygen atoms in total. The summed E-state index contributed by atoms with van der Waals surface area (Å²) in [6.07, 6.45) is -11.5. The molecule has 322 valence electrons. The van der Waals surface area contributed by atoms with E-state index in [4.69, 9.17) is 33.3 Å². The number of phosphoric ester groups is 2. The molecule has 3 aliphatic heterocycles. The summed E-state index contributed by atoms with van der Waals surface area (Å²) in [5.74, 6) is -0.306. The van der Waals surface area contributed by atoms with Gasteiger partial charge in [-0.1, -0.05) is 41.5 Å². The third kappa shape index (κ3) is 11.5. The van der Waals surface area contributed by atoms with Crippen molar-refractivity contribution >= 4 is 32.8 Å². The number of ether oxygens (including phenoxy) is 2.